The van der Waals surface area contributed by atoms with Crippen LogP contribution >= 0.6 is 22.6 Å². The molecule has 0 amide bonds. The summed E-state index contributed by atoms with van der Waals surface area (Å²) in [5, 5.41) is 4.14. The fraction of sp³-hybridized carbons (Fsp3) is 0.250. The van der Waals surface area contributed by atoms with Crippen molar-refractivity contribution in [2.24, 2.45) is 0 Å². The van der Waals surface area contributed by atoms with Crippen LogP contribution in [0.1, 0.15) is 19.9 Å². The van der Waals surface area contributed by atoms with Crippen LogP contribution in [0.15, 0.2) is 24.5 Å². The Morgan fingerprint density at radius 3 is 2.78 bits per heavy atom. The molecule has 0 saturated carbocycles. The van der Waals surface area contributed by atoms with E-state index < -0.39 is 0 Å². The number of nitrogen functional groups attached to an aromatic ring is 1. The van der Waals surface area contributed by atoms with Crippen molar-refractivity contribution < 1.29 is 9.13 Å². The van der Waals surface area contributed by atoms with Gasteiger partial charge in [0, 0.05) is 12.1 Å². The van der Waals surface area contributed by atoms with Gasteiger partial charge < -0.3 is 10.5 Å². The third kappa shape index (κ3) is 2.74. The highest BCUT2D eigenvalue weighted by atomic mass is 127. The van der Waals surface area contributed by atoms with E-state index in [2.05, 4.69) is 5.10 Å². The molecule has 4 nitrogen and oxygen atoms in total. The van der Waals surface area contributed by atoms with Crippen molar-refractivity contribution in [3.63, 3.8) is 0 Å². The molecule has 96 valence electrons. The van der Waals surface area contributed by atoms with E-state index >= 15 is 0 Å². The van der Waals surface area contributed by atoms with E-state index in [1.807, 2.05) is 36.4 Å². The third-order valence-electron chi connectivity index (χ3n) is 2.39. The minimum Gasteiger partial charge on any atom is -0.452 e. The van der Waals surface area contributed by atoms with Gasteiger partial charge in [0.25, 0.3) is 0 Å². The summed E-state index contributed by atoms with van der Waals surface area (Å²) in [5.41, 5.74) is 6.18. The number of nitrogens with two attached hydrogens (primary N) is 1. The average Bonchev–Trinajstić information content (AvgIpc) is 2.74. The Labute approximate surface area is 118 Å². The van der Waals surface area contributed by atoms with Crippen LogP contribution in [0, 0.1) is 9.39 Å². The van der Waals surface area contributed by atoms with E-state index in [1.165, 1.54) is 12.1 Å². The summed E-state index contributed by atoms with van der Waals surface area (Å²) in [6.45, 7) is 4.02. The minimum atomic E-state index is -0.351. The quantitative estimate of drug-likeness (QED) is 0.672. The zero-order valence-corrected chi connectivity index (χ0v) is 12.2. The van der Waals surface area contributed by atoms with Crippen LogP contribution < -0.4 is 10.5 Å². The number of anilines is 1. The second kappa shape index (κ2) is 5.13. The Morgan fingerprint density at radius 1 is 1.44 bits per heavy atom. The molecule has 0 radical (unpaired) electrons. The maximum atomic E-state index is 13.4. The van der Waals surface area contributed by atoms with Crippen molar-refractivity contribution in [1.82, 2.24) is 9.78 Å². The number of nitrogens with zero attached hydrogens (tertiary/aromatic N) is 2. The van der Waals surface area contributed by atoms with E-state index in [0.29, 0.717) is 20.8 Å². The molecule has 0 fully saturated rings. The SMILES string of the molecule is CC(C)n1cc(Oc2cc(F)c(I)cc2N)cn1. The van der Waals surface area contributed by atoms with Gasteiger partial charge in [0.2, 0.25) is 0 Å². The number of hydrogen-bond donors (Lipinski definition) is 1. The Morgan fingerprint density at radius 2 is 2.17 bits per heavy atom. The normalized spacial score (nSPS) is 10.9. The lowest BCUT2D eigenvalue weighted by Crippen LogP contribution is -1.99. The molecule has 0 atom stereocenters. The highest BCUT2D eigenvalue weighted by Gasteiger charge is 2.10. The van der Waals surface area contributed by atoms with Gasteiger partial charge in [-0.05, 0) is 42.5 Å². The predicted octanol–water partition coefficient (Wildman–Crippen LogP) is 3.58. The first-order valence-electron chi connectivity index (χ1n) is 5.44. The van der Waals surface area contributed by atoms with Crippen molar-refractivity contribution in [3.8, 4) is 11.5 Å². The van der Waals surface area contributed by atoms with Gasteiger partial charge in [0.15, 0.2) is 11.5 Å². The topological polar surface area (TPSA) is 53.1 Å². The largest absolute Gasteiger partial charge is 0.452 e. The molecule has 0 aliphatic carbocycles. The van der Waals surface area contributed by atoms with Gasteiger partial charge in [-0.2, -0.15) is 5.10 Å². The minimum absolute atomic E-state index is 0.244. The number of benzene rings is 1. The Kier molecular flexibility index (Phi) is 3.74. The van der Waals surface area contributed by atoms with Crippen LogP contribution in [0.2, 0.25) is 0 Å². The van der Waals surface area contributed by atoms with E-state index in [-0.39, 0.29) is 11.9 Å². The molecule has 1 heterocycles. The highest BCUT2D eigenvalue weighted by molar-refractivity contribution is 14.1. The lowest BCUT2D eigenvalue weighted by atomic mass is 10.3. The molecule has 0 unspecified atom stereocenters. The summed E-state index contributed by atoms with van der Waals surface area (Å²) in [4.78, 5) is 0. The first-order chi connectivity index (χ1) is 8.47. The van der Waals surface area contributed by atoms with Crippen LogP contribution in [-0.4, -0.2) is 9.78 Å². The summed E-state index contributed by atoms with van der Waals surface area (Å²) in [5.74, 6) is 0.489. The maximum absolute atomic E-state index is 13.4. The van der Waals surface area contributed by atoms with Crippen LogP contribution in [0.25, 0.3) is 0 Å². The van der Waals surface area contributed by atoms with Crippen LogP contribution in [0.5, 0.6) is 11.5 Å². The fourth-order valence-electron chi connectivity index (χ4n) is 1.42. The van der Waals surface area contributed by atoms with Gasteiger partial charge >= 0.3 is 0 Å². The van der Waals surface area contributed by atoms with Gasteiger partial charge in [-0.15, -0.1) is 0 Å². The van der Waals surface area contributed by atoms with Crippen molar-refractivity contribution in [2.75, 3.05) is 5.73 Å². The zero-order valence-electron chi connectivity index (χ0n) is 10.0. The van der Waals surface area contributed by atoms with Crippen molar-refractivity contribution in [2.45, 2.75) is 19.9 Å². The molecule has 6 heteroatoms. The molecule has 1 aromatic heterocycles. The monoisotopic (exact) mass is 361 g/mol. The Bertz CT molecular complexity index is 568. The van der Waals surface area contributed by atoms with Crippen LogP contribution in [-0.2, 0) is 0 Å². The Balaban J connectivity index is 2.25. The molecular weight excluding hydrogens is 348 g/mol. The molecule has 2 N–H and O–H groups in total. The lowest BCUT2D eigenvalue weighted by molar-refractivity contribution is 0.473. The molecule has 18 heavy (non-hydrogen) atoms. The van der Waals surface area contributed by atoms with Crippen molar-refractivity contribution in [1.29, 1.82) is 0 Å². The van der Waals surface area contributed by atoms with Gasteiger partial charge in [-0.3, -0.25) is 4.68 Å². The molecule has 1 aromatic carbocycles. The number of rotatable bonds is 3. The molecule has 2 aromatic rings. The third-order valence-corrected chi connectivity index (χ3v) is 3.21. The maximum Gasteiger partial charge on any atom is 0.165 e. The highest BCUT2D eigenvalue weighted by Crippen LogP contribution is 2.30. The molecule has 0 spiro atoms. The molecule has 0 aliphatic heterocycles. The standard InChI is InChI=1S/C12H13FIN3O/c1-7(2)17-6-8(5-16-17)18-12-3-9(13)10(14)4-11(12)15/h3-7H,15H2,1-2H3. The fourth-order valence-corrected chi connectivity index (χ4v) is 1.91. The van der Waals surface area contributed by atoms with Gasteiger partial charge in [0.1, 0.15) is 5.82 Å². The van der Waals surface area contributed by atoms with Crippen LogP contribution in [0.4, 0.5) is 10.1 Å². The predicted molar refractivity (Wildman–Crippen MR) is 76.2 cm³/mol. The lowest BCUT2D eigenvalue weighted by Gasteiger charge is -2.07. The molecule has 0 aliphatic rings. The first-order valence-corrected chi connectivity index (χ1v) is 6.51. The number of hydrogen-bond acceptors (Lipinski definition) is 3. The van der Waals surface area contributed by atoms with E-state index in [1.54, 1.807) is 17.1 Å². The van der Waals surface area contributed by atoms with Gasteiger partial charge in [-0.25, -0.2) is 4.39 Å². The Hall–Kier alpha value is -1.31. The second-order valence-electron chi connectivity index (χ2n) is 4.16. The first kappa shape index (κ1) is 13.1. The van der Waals surface area contributed by atoms with Gasteiger partial charge in [-0.1, -0.05) is 0 Å². The molecule has 0 bridgehead atoms. The zero-order chi connectivity index (χ0) is 13.3. The van der Waals surface area contributed by atoms with Crippen molar-refractivity contribution in [3.05, 3.63) is 33.9 Å². The summed E-state index contributed by atoms with van der Waals surface area (Å²) < 4.78 is 21.2. The van der Waals surface area contributed by atoms with Gasteiger partial charge in [0.05, 0.1) is 21.7 Å². The number of halogens is 2. The molecule has 2 rings (SSSR count). The summed E-state index contributed by atoms with van der Waals surface area (Å²) >= 11 is 1.88. The van der Waals surface area contributed by atoms with Crippen LogP contribution in [0.3, 0.4) is 0 Å². The second-order valence-corrected chi connectivity index (χ2v) is 5.32. The molecule has 0 saturated heterocycles. The van der Waals surface area contributed by atoms with Crippen molar-refractivity contribution >= 4 is 28.3 Å². The summed E-state index contributed by atoms with van der Waals surface area (Å²) in [7, 11) is 0. The van der Waals surface area contributed by atoms with E-state index in [9.17, 15) is 4.39 Å². The number of aromatic nitrogens is 2. The average molecular weight is 361 g/mol. The smallest absolute Gasteiger partial charge is 0.165 e. The molecular formula is C12H13FIN3O. The van der Waals surface area contributed by atoms with E-state index in [0.717, 1.165) is 0 Å². The summed E-state index contributed by atoms with van der Waals surface area (Å²) in [6.07, 6.45) is 3.33. The number of ether oxygens (including phenoxy) is 1. The van der Waals surface area contributed by atoms with E-state index in [4.69, 9.17) is 10.5 Å². The summed E-state index contributed by atoms with van der Waals surface area (Å²) in [6, 6.07) is 3.07.